The van der Waals surface area contributed by atoms with Crippen LogP contribution in [0, 0.1) is 17.2 Å². The van der Waals surface area contributed by atoms with Crippen LogP contribution in [0.1, 0.15) is 24.8 Å². The molecule has 0 spiro atoms. The van der Waals surface area contributed by atoms with Gasteiger partial charge >= 0.3 is 0 Å². The SMILES string of the molecule is N#CCC1CCN(CCc2c[nH]c3ccccc23)CC1. The molecular weight excluding hydrogens is 246 g/mol. The standard InChI is InChI=1S/C17H21N3/c18-9-5-14-6-10-20(11-7-14)12-8-15-13-19-17-4-2-1-3-16(15)17/h1-4,13-14,19H,5-8,10-12H2. The van der Waals surface area contributed by atoms with Crippen molar-refractivity contribution in [2.24, 2.45) is 5.92 Å². The van der Waals surface area contributed by atoms with Crippen molar-refractivity contribution in [2.45, 2.75) is 25.7 Å². The highest BCUT2D eigenvalue weighted by Crippen LogP contribution is 2.22. The molecule has 1 aliphatic rings. The second-order valence-corrected chi connectivity index (χ2v) is 5.76. The minimum absolute atomic E-state index is 0.629. The number of H-pyrrole nitrogens is 1. The lowest BCUT2D eigenvalue weighted by Crippen LogP contribution is -2.35. The average Bonchev–Trinajstić information content (AvgIpc) is 2.90. The molecule has 0 unspecified atom stereocenters. The number of piperidine rings is 1. The quantitative estimate of drug-likeness (QED) is 0.923. The van der Waals surface area contributed by atoms with Crippen molar-refractivity contribution in [1.82, 2.24) is 9.88 Å². The minimum Gasteiger partial charge on any atom is -0.361 e. The molecule has 0 amide bonds. The van der Waals surface area contributed by atoms with Crippen molar-refractivity contribution in [3.8, 4) is 6.07 Å². The summed E-state index contributed by atoms with van der Waals surface area (Å²) in [6, 6.07) is 10.8. The Morgan fingerprint density at radius 2 is 2.05 bits per heavy atom. The number of likely N-dealkylation sites (tertiary alicyclic amines) is 1. The van der Waals surface area contributed by atoms with Gasteiger partial charge in [0, 0.05) is 30.1 Å². The molecule has 0 atom stereocenters. The number of nitrogens with one attached hydrogen (secondary N) is 1. The maximum atomic E-state index is 8.75. The molecular formula is C17H21N3. The Hall–Kier alpha value is -1.79. The number of hydrogen-bond donors (Lipinski definition) is 1. The van der Waals surface area contributed by atoms with Gasteiger partial charge in [-0.25, -0.2) is 0 Å². The van der Waals surface area contributed by atoms with E-state index in [-0.39, 0.29) is 0 Å². The van der Waals surface area contributed by atoms with Crippen LogP contribution in [0.25, 0.3) is 10.9 Å². The van der Waals surface area contributed by atoms with Gasteiger partial charge in [-0.2, -0.15) is 5.26 Å². The number of hydrogen-bond acceptors (Lipinski definition) is 2. The first-order valence-corrected chi connectivity index (χ1v) is 7.51. The fraction of sp³-hybridized carbons (Fsp3) is 0.471. The molecule has 0 aliphatic carbocycles. The smallest absolute Gasteiger partial charge is 0.0624 e. The summed E-state index contributed by atoms with van der Waals surface area (Å²) in [5.74, 6) is 0.629. The number of aromatic nitrogens is 1. The third kappa shape index (κ3) is 2.86. The van der Waals surface area contributed by atoms with E-state index in [1.807, 2.05) is 0 Å². The monoisotopic (exact) mass is 267 g/mol. The largest absolute Gasteiger partial charge is 0.361 e. The lowest BCUT2D eigenvalue weighted by atomic mass is 9.94. The lowest BCUT2D eigenvalue weighted by molar-refractivity contribution is 0.188. The van der Waals surface area contributed by atoms with E-state index in [9.17, 15) is 0 Å². The molecule has 2 aromatic rings. The molecule has 104 valence electrons. The Kier molecular flexibility index (Phi) is 4.03. The summed E-state index contributed by atoms with van der Waals surface area (Å²) in [5.41, 5.74) is 2.65. The average molecular weight is 267 g/mol. The number of rotatable bonds is 4. The molecule has 20 heavy (non-hydrogen) atoms. The maximum absolute atomic E-state index is 8.75. The van der Waals surface area contributed by atoms with Gasteiger partial charge in [0.2, 0.25) is 0 Å². The summed E-state index contributed by atoms with van der Waals surface area (Å²) < 4.78 is 0. The number of benzene rings is 1. The number of nitrogens with zero attached hydrogens (tertiary/aromatic N) is 2. The zero-order valence-electron chi connectivity index (χ0n) is 11.8. The molecule has 3 nitrogen and oxygen atoms in total. The van der Waals surface area contributed by atoms with Crippen molar-refractivity contribution in [2.75, 3.05) is 19.6 Å². The van der Waals surface area contributed by atoms with Crippen LogP contribution in [0.2, 0.25) is 0 Å². The number of aromatic amines is 1. The van der Waals surface area contributed by atoms with Crippen LogP contribution in [0.15, 0.2) is 30.5 Å². The van der Waals surface area contributed by atoms with E-state index in [4.69, 9.17) is 5.26 Å². The van der Waals surface area contributed by atoms with Crippen LogP contribution in [0.4, 0.5) is 0 Å². The number of fused-ring (bicyclic) bond motifs is 1. The molecule has 2 heterocycles. The molecule has 1 aromatic carbocycles. The summed E-state index contributed by atoms with van der Waals surface area (Å²) in [6.45, 7) is 3.42. The molecule has 3 rings (SSSR count). The summed E-state index contributed by atoms with van der Waals surface area (Å²) in [4.78, 5) is 5.88. The molecule has 3 heteroatoms. The zero-order valence-corrected chi connectivity index (χ0v) is 11.8. The fourth-order valence-corrected chi connectivity index (χ4v) is 3.16. The van der Waals surface area contributed by atoms with Crippen molar-refractivity contribution >= 4 is 10.9 Å². The van der Waals surface area contributed by atoms with Crippen LogP contribution in [0.3, 0.4) is 0 Å². The Balaban J connectivity index is 1.54. The second kappa shape index (κ2) is 6.11. The maximum Gasteiger partial charge on any atom is 0.0624 e. The van der Waals surface area contributed by atoms with Gasteiger partial charge in [-0.05, 0) is 49.9 Å². The Morgan fingerprint density at radius 3 is 2.85 bits per heavy atom. The molecule has 1 aliphatic heterocycles. The number of para-hydroxylation sites is 1. The van der Waals surface area contributed by atoms with Crippen molar-refractivity contribution in [3.05, 3.63) is 36.0 Å². The van der Waals surface area contributed by atoms with E-state index < -0.39 is 0 Å². The first kappa shape index (κ1) is 13.2. The van der Waals surface area contributed by atoms with E-state index >= 15 is 0 Å². The van der Waals surface area contributed by atoms with Gasteiger partial charge in [-0.15, -0.1) is 0 Å². The summed E-state index contributed by atoms with van der Waals surface area (Å²) in [7, 11) is 0. The molecule has 1 N–H and O–H groups in total. The van der Waals surface area contributed by atoms with Crippen LogP contribution in [-0.2, 0) is 6.42 Å². The minimum atomic E-state index is 0.629. The molecule has 1 aromatic heterocycles. The molecule has 0 bridgehead atoms. The van der Waals surface area contributed by atoms with Crippen LogP contribution in [-0.4, -0.2) is 29.5 Å². The van der Waals surface area contributed by atoms with Crippen molar-refractivity contribution in [1.29, 1.82) is 5.26 Å². The summed E-state index contributed by atoms with van der Waals surface area (Å²) in [6.07, 6.45) is 6.35. The Morgan fingerprint density at radius 1 is 1.25 bits per heavy atom. The Bertz CT molecular complexity index is 600. The first-order chi connectivity index (χ1) is 9.86. The predicted octanol–water partition coefficient (Wildman–Crippen LogP) is 3.34. The highest BCUT2D eigenvalue weighted by atomic mass is 15.1. The molecule has 1 saturated heterocycles. The van der Waals surface area contributed by atoms with Gasteiger partial charge in [0.15, 0.2) is 0 Å². The topological polar surface area (TPSA) is 42.8 Å². The second-order valence-electron chi connectivity index (χ2n) is 5.76. The van der Waals surface area contributed by atoms with Gasteiger partial charge in [0.05, 0.1) is 6.07 Å². The van der Waals surface area contributed by atoms with Gasteiger partial charge in [0.1, 0.15) is 0 Å². The molecule has 0 radical (unpaired) electrons. The van der Waals surface area contributed by atoms with E-state index in [2.05, 4.69) is 46.4 Å². The molecule has 0 saturated carbocycles. The van der Waals surface area contributed by atoms with Gasteiger partial charge in [0.25, 0.3) is 0 Å². The van der Waals surface area contributed by atoms with E-state index in [0.29, 0.717) is 5.92 Å². The van der Waals surface area contributed by atoms with Gasteiger partial charge in [-0.1, -0.05) is 18.2 Å². The third-order valence-corrected chi connectivity index (χ3v) is 4.46. The predicted molar refractivity (Wildman–Crippen MR) is 81.4 cm³/mol. The van der Waals surface area contributed by atoms with Gasteiger partial charge < -0.3 is 9.88 Å². The Labute approximate surface area is 120 Å². The van der Waals surface area contributed by atoms with E-state index in [1.165, 1.54) is 29.3 Å². The molecule has 1 fully saturated rings. The van der Waals surface area contributed by atoms with E-state index in [1.54, 1.807) is 0 Å². The lowest BCUT2D eigenvalue weighted by Gasteiger charge is -2.30. The van der Waals surface area contributed by atoms with Gasteiger partial charge in [-0.3, -0.25) is 0 Å². The van der Waals surface area contributed by atoms with E-state index in [0.717, 1.165) is 32.5 Å². The highest BCUT2D eigenvalue weighted by Gasteiger charge is 2.18. The van der Waals surface area contributed by atoms with Crippen molar-refractivity contribution in [3.63, 3.8) is 0 Å². The first-order valence-electron chi connectivity index (χ1n) is 7.51. The summed E-state index contributed by atoms with van der Waals surface area (Å²) in [5, 5.41) is 10.1. The fourth-order valence-electron chi connectivity index (χ4n) is 3.16. The normalized spacial score (nSPS) is 17.4. The zero-order chi connectivity index (χ0) is 13.8. The van der Waals surface area contributed by atoms with Crippen LogP contribution in [0.5, 0.6) is 0 Å². The highest BCUT2D eigenvalue weighted by molar-refractivity contribution is 5.83. The summed E-state index contributed by atoms with van der Waals surface area (Å²) >= 11 is 0. The van der Waals surface area contributed by atoms with Crippen molar-refractivity contribution < 1.29 is 0 Å². The number of nitriles is 1. The van der Waals surface area contributed by atoms with Crippen LogP contribution < -0.4 is 0 Å². The van der Waals surface area contributed by atoms with Crippen LogP contribution >= 0.6 is 0 Å². The third-order valence-electron chi connectivity index (χ3n) is 4.46.